The van der Waals surface area contributed by atoms with E-state index < -0.39 is 17.3 Å². The zero-order chi connectivity index (χ0) is 25.2. The van der Waals surface area contributed by atoms with Gasteiger partial charge in [-0.05, 0) is 48.6 Å². The molecular formula is C26H23F3N4O2. The Bertz CT molecular complexity index is 1360. The summed E-state index contributed by atoms with van der Waals surface area (Å²) in [6, 6.07) is 8.06. The maximum atomic E-state index is 13.8. The number of hydrogen-bond acceptors (Lipinski definition) is 4. The minimum absolute atomic E-state index is 0.0410. The number of H-pyrrole nitrogens is 1. The van der Waals surface area contributed by atoms with Gasteiger partial charge >= 0.3 is 6.18 Å². The standard InChI is InChI=1S/C26H23F3N4O2/c1-15(2)25(35)31-13-17-6-10-21(26(27,28)29)20(11-17)24-32-22(12-23(34)33-24)18-7-9-19(30-14-18)8-5-16-3-4-16/h6-7,9-12,14-16H,3-4,13H2,1-2H3,(H,31,35)(H,32,33,34). The summed E-state index contributed by atoms with van der Waals surface area (Å²) in [6.07, 6.45) is -0.996. The molecule has 0 radical (unpaired) electrons. The molecule has 0 aliphatic heterocycles. The number of carbonyl (C=O) groups excluding carboxylic acids is 1. The molecule has 1 fully saturated rings. The first-order chi connectivity index (χ1) is 16.6. The fourth-order valence-corrected chi connectivity index (χ4v) is 3.29. The number of alkyl halides is 3. The molecule has 1 saturated carbocycles. The number of rotatable bonds is 5. The van der Waals surface area contributed by atoms with Gasteiger partial charge in [0.05, 0.1) is 11.3 Å². The minimum atomic E-state index is -4.67. The number of nitrogens with one attached hydrogen (secondary N) is 2. The van der Waals surface area contributed by atoms with Crippen LogP contribution in [0.25, 0.3) is 22.6 Å². The second kappa shape index (κ2) is 9.74. The van der Waals surface area contributed by atoms with E-state index in [9.17, 15) is 22.8 Å². The average Bonchev–Trinajstić information content (AvgIpc) is 3.65. The molecule has 0 unspecified atom stereocenters. The Labute approximate surface area is 200 Å². The van der Waals surface area contributed by atoms with E-state index in [1.165, 1.54) is 24.4 Å². The number of hydrogen-bond donors (Lipinski definition) is 2. The lowest BCUT2D eigenvalue weighted by molar-refractivity contribution is -0.137. The topological polar surface area (TPSA) is 87.7 Å². The molecule has 1 aliphatic carbocycles. The second-order valence-electron chi connectivity index (χ2n) is 8.71. The summed E-state index contributed by atoms with van der Waals surface area (Å²) < 4.78 is 41.3. The molecule has 9 heteroatoms. The van der Waals surface area contributed by atoms with Gasteiger partial charge in [-0.25, -0.2) is 9.97 Å². The highest BCUT2D eigenvalue weighted by Gasteiger charge is 2.34. The number of aromatic amines is 1. The van der Waals surface area contributed by atoms with Gasteiger partial charge in [0.1, 0.15) is 11.5 Å². The molecule has 35 heavy (non-hydrogen) atoms. The normalized spacial score (nSPS) is 13.3. The predicted molar refractivity (Wildman–Crippen MR) is 125 cm³/mol. The quantitative estimate of drug-likeness (QED) is 0.525. The zero-order valence-electron chi connectivity index (χ0n) is 19.2. The van der Waals surface area contributed by atoms with Gasteiger partial charge in [0.15, 0.2) is 0 Å². The van der Waals surface area contributed by atoms with Crippen molar-refractivity contribution in [2.24, 2.45) is 11.8 Å². The number of nitrogens with zero attached hydrogens (tertiary/aromatic N) is 2. The highest BCUT2D eigenvalue weighted by atomic mass is 19.4. The van der Waals surface area contributed by atoms with Crippen molar-refractivity contribution in [2.75, 3.05) is 0 Å². The fraction of sp³-hybridized carbons (Fsp3) is 0.308. The zero-order valence-corrected chi connectivity index (χ0v) is 19.2. The summed E-state index contributed by atoms with van der Waals surface area (Å²) in [5.74, 6) is 5.80. The van der Waals surface area contributed by atoms with Crippen molar-refractivity contribution in [1.29, 1.82) is 0 Å². The smallest absolute Gasteiger partial charge is 0.352 e. The predicted octanol–water partition coefficient (Wildman–Crippen LogP) is 4.55. The molecule has 3 aromatic rings. The third-order valence-corrected chi connectivity index (χ3v) is 5.42. The SMILES string of the molecule is CC(C)C(=O)NCc1ccc(C(F)(F)F)c(-c2nc(-c3ccc(C#CC4CC4)nc3)cc(=O)[nH]2)c1. The van der Waals surface area contributed by atoms with Gasteiger partial charge in [0.2, 0.25) is 5.91 Å². The molecule has 6 nitrogen and oxygen atoms in total. The van der Waals surface area contributed by atoms with Gasteiger partial charge < -0.3 is 10.3 Å². The molecule has 2 N–H and O–H groups in total. The van der Waals surface area contributed by atoms with Crippen molar-refractivity contribution in [3.8, 4) is 34.5 Å². The lowest BCUT2D eigenvalue weighted by atomic mass is 10.0. The number of halogens is 3. The summed E-state index contributed by atoms with van der Waals surface area (Å²) >= 11 is 0. The van der Waals surface area contributed by atoms with E-state index in [2.05, 4.69) is 32.1 Å². The largest absolute Gasteiger partial charge is 0.417 e. The Kier molecular flexibility index (Phi) is 6.74. The average molecular weight is 480 g/mol. The lowest BCUT2D eigenvalue weighted by Gasteiger charge is -2.15. The van der Waals surface area contributed by atoms with Crippen LogP contribution < -0.4 is 10.9 Å². The van der Waals surface area contributed by atoms with Crippen LogP contribution in [0.15, 0.2) is 47.4 Å². The van der Waals surface area contributed by atoms with Crippen LogP contribution in [0.2, 0.25) is 0 Å². The Morgan fingerprint density at radius 2 is 1.97 bits per heavy atom. The van der Waals surface area contributed by atoms with E-state index in [1.54, 1.807) is 26.0 Å². The first kappa shape index (κ1) is 24.2. The summed E-state index contributed by atoms with van der Waals surface area (Å²) in [5, 5.41) is 2.68. The van der Waals surface area contributed by atoms with Crippen LogP contribution in [0.3, 0.4) is 0 Å². The van der Waals surface area contributed by atoms with E-state index >= 15 is 0 Å². The molecule has 2 aromatic heterocycles. The maximum Gasteiger partial charge on any atom is 0.417 e. The van der Waals surface area contributed by atoms with Crippen LogP contribution in [0, 0.1) is 23.7 Å². The molecule has 4 rings (SSSR count). The van der Waals surface area contributed by atoms with Crippen LogP contribution in [0.5, 0.6) is 0 Å². The van der Waals surface area contributed by atoms with E-state index in [4.69, 9.17) is 0 Å². The first-order valence-electron chi connectivity index (χ1n) is 11.2. The van der Waals surface area contributed by atoms with Gasteiger partial charge in [-0.2, -0.15) is 13.2 Å². The summed E-state index contributed by atoms with van der Waals surface area (Å²) in [6.45, 7) is 3.48. The van der Waals surface area contributed by atoms with Gasteiger partial charge in [-0.15, -0.1) is 0 Å². The lowest BCUT2D eigenvalue weighted by Crippen LogP contribution is -2.27. The number of pyridine rings is 1. The van der Waals surface area contributed by atoms with Crippen molar-refractivity contribution in [3.63, 3.8) is 0 Å². The Morgan fingerprint density at radius 1 is 1.20 bits per heavy atom. The molecule has 0 bridgehead atoms. The molecule has 1 aromatic carbocycles. The molecule has 0 atom stereocenters. The van der Waals surface area contributed by atoms with Gasteiger partial charge in [-0.1, -0.05) is 25.8 Å². The second-order valence-corrected chi connectivity index (χ2v) is 8.71. The minimum Gasteiger partial charge on any atom is -0.352 e. The summed E-state index contributed by atoms with van der Waals surface area (Å²) in [5.41, 5.74) is -0.160. The summed E-state index contributed by atoms with van der Waals surface area (Å²) in [4.78, 5) is 35.2. The summed E-state index contributed by atoms with van der Waals surface area (Å²) in [7, 11) is 0. The van der Waals surface area contributed by atoms with Crippen molar-refractivity contribution in [2.45, 2.75) is 39.4 Å². The van der Waals surface area contributed by atoms with Crippen LogP contribution in [0.1, 0.15) is 43.5 Å². The third-order valence-electron chi connectivity index (χ3n) is 5.42. The van der Waals surface area contributed by atoms with Crippen molar-refractivity contribution in [1.82, 2.24) is 20.3 Å². The molecule has 1 aliphatic rings. The van der Waals surface area contributed by atoms with Gasteiger partial charge in [-0.3, -0.25) is 9.59 Å². The molecule has 180 valence electrons. The van der Waals surface area contributed by atoms with Crippen molar-refractivity contribution >= 4 is 5.91 Å². The fourth-order valence-electron chi connectivity index (χ4n) is 3.29. The monoisotopic (exact) mass is 480 g/mol. The van der Waals surface area contributed by atoms with Gasteiger partial charge in [0, 0.05) is 41.8 Å². The molecule has 0 spiro atoms. The number of benzene rings is 1. The molecular weight excluding hydrogens is 457 g/mol. The van der Waals surface area contributed by atoms with Crippen LogP contribution >= 0.6 is 0 Å². The van der Waals surface area contributed by atoms with E-state index in [0.717, 1.165) is 18.9 Å². The number of aromatic nitrogens is 3. The highest BCUT2D eigenvalue weighted by molar-refractivity contribution is 5.78. The number of amides is 1. The molecule has 2 heterocycles. The number of carbonyl (C=O) groups is 1. The maximum absolute atomic E-state index is 13.8. The highest BCUT2D eigenvalue weighted by Crippen LogP contribution is 2.36. The van der Waals surface area contributed by atoms with E-state index in [0.29, 0.717) is 22.7 Å². The first-order valence-corrected chi connectivity index (χ1v) is 11.2. The molecule has 1 amide bonds. The molecule has 0 saturated heterocycles. The Morgan fingerprint density at radius 3 is 2.60 bits per heavy atom. The van der Waals surface area contributed by atoms with Crippen molar-refractivity contribution < 1.29 is 18.0 Å². The van der Waals surface area contributed by atoms with Gasteiger partial charge in [0.25, 0.3) is 5.56 Å². The van der Waals surface area contributed by atoms with Crippen LogP contribution in [0.4, 0.5) is 13.2 Å². The third kappa shape index (κ3) is 6.15. The van der Waals surface area contributed by atoms with Crippen LogP contribution in [-0.4, -0.2) is 20.9 Å². The Hall–Kier alpha value is -3.93. The van der Waals surface area contributed by atoms with Crippen molar-refractivity contribution in [3.05, 3.63) is 69.8 Å². The van der Waals surface area contributed by atoms with E-state index in [1.807, 2.05) is 0 Å². The Balaban J connectivity index is 1.70. The van der Waals surface area contributed by atoms with Crippen LogP contribution in [-0.2, 0) is 17.5 Å². The van der Waals surface area contributed by atoms with E-state index in [-0.39, 0.29) is 35.5 Å².